The minimum atomic E-state index is -0.00665. The summed E-state index contributed by atoms with van der Waals surface area (Å²) in [5.74, 6) is 1.42. The first-order valence-corrected chi connectivity index (χ1v) is 6.86. The quantitative estimate of drug-likeness (QED) is 0.706. The predicted octanol–water partition coefficient (Wildman–Crippen LogP) is -0.686. The number of nitrogens with zero attached hydrogens (tertiary/aromatic N) is 4. The van der Waals surface area contributed by atoms with Gasteiger partial charge in [-0.1, -0.05) is 0 Å². The highest BCUT2D eigenvalue weighted by molar-refractivity contribution is 5.96. The molecule has 20 heavy (non-hydrogen) atoms. The Morgan fingerprint density at radius 2 is 2.10 bits per heavy atom. The summed E-state index contributed by atoms with van der Waals surface area (Å²) in [7, 11) is 0. The fraction of sp³-hybridized carbons (Fsp3) is 0.583. The molecule has 1 aromatic rings. The van der Waals surface area contributed by atoms with Crippen LogP contribution >= 0.6 is 0 Å². The molecule has 1 saturated heterocycles. The van der Waals surface area contributed by atoms with E-state index in [0.717, 1.165) is 36.7 Å². The molecule has 0 radical (unpaired) electrons. The zero-order valence-corrected chi connectivity index (χ0v) is 11.1. The Kier molecular flexibility index (Phi) is 2.62. The number of rotatable bonds is 1. The average molecular weight is 276 g/mol. The zero-order valence-electron chi connectivity index (χ0n) is 11.1. The number of anilines is 2. The standard InChI is InChI=1S/C12H16N6O2/c19-10-8-7-18-11(14-9(8)1-2-13-10)15-12(16-18)17-3-5-20-6-4-17/h1-7H2,(H,13,19)(H,14,15,16). The highest BCUT2D eigenvalue weighted by Crippen LogP contribution is 2.26. The fourth-order valence-corrected chi connectivity index (χ4v) is 2.72. The van der Waals surface area contributed by atoms with Gasteiger partial charge in [0.05, 0.1) is 25.3 Å². The van der Waals surface area contributed by atoms with E-state index in [1.165, 1.54) is 0 Å². The van der Waals surface area contributed by atoms with Gasteiger partial charge in [0.25, 0.3) is 5.91 Å². The molecule has 0 atom stereocenters. The molecule has 0 aromatic carbocycles. The van der Waals surface area contributed by atoms with E-state index in [4.69, 9.17) is 4.74 Å². The Labute approximate surface area is 115 Å². The van der Waals surface area contributed by atoms with Crippen molar-refractivity contribution in [3.8, 4) is 0 Å². The Morgan fingerprint density at radius 1 is 1.25 bits per heavy atom. The SMILES string of the molecule is O=C1NCCC2=C1Cn1nc(N3CCOCC3)nc1N2. The Bertz CT molecular complexity index is 587. The van der Waals surface area contributed by atoms with Gasteiger partial charge in [-0.2, -0.15) is 4.98 Å². The molecule has 0 spiro atoms. The van der Waals surface area contributed by atoms with Crippen LogP contribution in [0.4, 0.5) is 11.9 Å². The summed E-state index contributed by atoms with van der Waals surface area (Å²) >= 11 is 0. The predicted molar refractivity (Wildman–Crippen MR) is 71.3 cm³/mol. The van der Waals surface area contributed by atoms with Gasteiger partial charge < -0.3 is 20.3 Å². The van der Waals surface area contributed by atoms with Gasteiger partial charge in [-0.05, 0) is 0 Å². The topological polar surface area (TPSA) is 84.3 Å². The average Bonchev–Trinajstić information content (AvgIpc) is 2.90. The number of aromatic nitrogens is 3. The number of carbonyl (C=O) groups is 1. The molecule has 1 amide bonds. The lowest BCUT2D eigenvalue weighted by molar-refractivity contribution is -0.118. The van der Waals surface area contributed by atoms with E-state index >= 15 is 0 Å². The van der Waals surface area contributed by atoms with Crippen LogP contribution in [0.2, 0.25) is 0 Å². The Hall–Kier alpha value is -2.09. The zero-order chi connectivity index (χ0) is 13.5. The molecule has 106 valence electrons. The maximum absolute atomic E-state index is 11.8. The minimum Gasteiger partial charge on any atom is -0.378 e. The summed E-state index contributed by atoms with van der Waals surface area (Å²) in [6.45, 7) is 4.17. The second kappa shape index (κ2) is 4.48. The van der Waals surface area contributed by atoms with Crippen LogP contribution in [0.3, 0.4) is 0 Å². The smallest absolute Gasteiger partial charge is 0.250 e. The third-order valence-electron chi connectivity index (χ3n) is 3.82. The van der Waals surface area contributed by atoms with E-state index in [2.05, 4.69) is 25.6 Å². The van der Waals surface area contributed by atoms with E-state index in [-0.39, 0.29) is 5.91 Å². The first-order valence-electron chi connectivity index (χ1n) is 6.86. The number of ether oxygens (including phenoxy) is 1. The number of morpholine rings is 1. The lowest BCUT2D eigenvalue weighted by Crippen LogP contribution is -2.37. The van der Waals surface area contributed by atoms with Gasteiger partial charge in [0.1, 0.15) is 0 Å². The number of fused-ring (bicyclic) bond motifs is 1. The molecule has 2 N–H and O–H groups in total. The molecule has 1 fully saturated rings. The normalized spacial score (nSPS) is 22.0. The molecule has 0 bridgehead atoms. The summed E-state index contributed by atoms with van der Waals surface area (Å²) < 4.78 is 7.09. The molecule has 0 aliphatic carbocycles. The molecular weight excluding hydrogens is 260 g/mol. The molecule has 8 heteroatoms. The minimum absolute atomic E-state index is 0.00665. The molecule has 8 nitrogen and oxygen atoms in total. The molecule has 4 rings (SSSR count). The Morgan fingerprint density at radius 3 is 2.95 bits per heavy atom. The van der Waals surface area contributed by atoms with Crippen molar-refractivity contribution in [1.82, 2.24) is 20.1 Å². The fourth-order valence-electron chi connectivity index (χ4n) is 2.72. The summed E-state index contributed by atoms with van der Waals surface area (Å²) in [4.78, 5) is 18.5. The molecular formula is C12H16N6O2. The van der Waals surface area contributed by atoms with Crippen molar-refractivity contribution in [2.75, 3.05) is 43.1 Å². The number of amides is 1. The van der Waals surface area contributed by atoms with Crippen molar-refractivity contribution in [3.63, 3.8) is 0 Å². The maximum atomic E-state index is 11.8. The molecule has 3 aliphatic heterocycles. The van der Waals surface area contributed by atoms with Gasteiger partial charge in [-0.15, -0.1) is 5.10 Å². The molecule has 1 aromatic heterocycles. The summed E-state index contributed by atoms with van der Waals surface area (Å²) in [5, 5.41) is 10.6. The van der Waals surface area contributed by atoms with Gasteiger partial charge in [0.2, 0.25) is 11.9 Å². The lowest BCUT2D eigenvalue weighted by Gasteiger charge is -2.25. The van der Waals surface area contributed by atoms with Crippen LogP contribution in [0.25, 0.3) is 0 Å². The van der Waals surface area contributed by atoms with Crippen LogP contribution in [-0.4, -0.2) is 53.5 Å². The van der Waals surface area contributed by atoms with Crippen molar-refractivity contribution in [3.05, 3.63) is 11.3 Å². The van der Waals surface area contributed by atoms with E-state index in [9.17, 15) is 4.79 Å². The number of hydrogen-bond acceptors (Lipinski definition) is 6. The van der Waals surface area contributed by atoms with Crippen molar-refractivity contribution in [2.45, 2.75) is 13.0 Å². The number of nitrogens with one attached hydrogen (secondary N) is 2. The molecule has 0 unspecified atom stereocenters. The molecule has 0 saturated carbocycles. The van der Waals surface area contributed by atoms with Gasteiger partial charge in [-0.3, -0.25) is 4.79 Å². The second-order valence-corrected chi connectivity index (χ2v) is 5.08. The van der Waals surface area contributed by atoms with E-state index in [1.54, 1.807) is 4.68 Å². The van der Waals surface area contributed by atoms with Crippen LogP contribution in [0, 0.1) is 0 Å². The lowest BCUT2D eigenvalue weighted by atomic mass is 10.1. The van der Waals surface area contributed by atoms with Crippen LogP contribution in [0.15, 0.2) is 11.3 Å². The van der Waals surface area contributed by atoms with Crippen molar-refractivity contribution in [2.24, 2.45) is 0 Å². The summed E-state index contributed by atoms with van der Waals surface area (Å²) in [5.41, 5.74) is 1.74. The summed E-state index contributed by atoms with van der Waals surface area (Å²) in [6.07, 6.45) is 0.820. The van der Waals surface area contributed by atoms with Crippen LogP contribution < -0.4 is 15.5 Å². The maximum Gasteiger partial charge on any atom is 0.250 e. The highest BCUT2D eigenvalue weighted by atomic mass is 16.5. The first kappa shape index (κ1) is 11.7. The highest BCUT2D eigenvalue weighted by Gasteiger charge is 2.28. The third kappa shape index (κ3) is 1.83. The van der Waals surface area contributed by atoms with Crippen molar-refractivity contribution in [1.29, 1.82) is 0 Å². The summed E-state index contributed by atoms with van der Waals surface area (Å²) in [6, 6.07) is 0. The number of hydrogen-bond donors (Lipinski definition) is 2. The van der Waals surface area contributed by atoms with Gasteiger partial charge in [0.15, 0.2) is 0 Å². The molecule has 3 aliphatic rings. The van der Waals surface area contributed by atoms with E-state index < -0.39 is 0 Å². The van der Waals surface area contributed by atoms with E-state index in [0.29, 0.717) is 32.3 Å². The third-order valence-corrected chi connectivity index (χ3v) is 3.82. The van der Waals surface area contributed by atoms with Crippen LogP contribution in [0.1, 0.15) is 6.42 Å². The van der Waals surface area contributed by atoms with E-state index in [1.807, 2.05) is 0 Å². The first-order chi connectivity index (χ1) is 9.81. The van der Waals surface area contributed by atoms with Crippen molar-refractivity contribution < 1.29 is 9.53 Å². The van der Waals surface area contributed by atoms with Crippen LogP contribution in [0.5, 0.6) is 0 Å². The monoisotopic (exact) mass is 276 g/mol. The molecule has 4 heterocycles. The second-order valence-electron chi connectivity index (χ2n) is 5.08. The van der Waals surface area contributed by atoms with Gasteiger partial charge in [-0.25, -0.2) is 4.68 Å². The van der Waals surface area contributed by atoms with Gasteiger partial charge >= 0.3 is 0 Å². The van der Waals surface area contributed by atoms with Gasteiger partial charge in [0, 0.05) is 31.8 Å². The largest absolute Gasteiger partial charge is 0.378 e. The van der Waals surface area contributed by atoms with Crippen molar-refractivity contribution >= 4 is 17.8 Å². The van der Waals surface area contributed by atoms with Crippen LogP contribution in [-0.2, 0) is 16.1 Å². The Balaban J connectivity index is 1.61. The number of carbonyl (C=O) groups excluding carboxylic acids is 1.